The van der Waals surface area contributed by atoms with Gasteiger partial charge in [0.2, 0.25) is 0 Å². The summed E-state index contributed by atoms with van der Waals surface area (Å²) < 4.78 is 12.7. The summed E-state index contributed by atoms with van der Waals surface area (Å²) in [7, 11) is 3.61. The molecule has 2 heterocycles. The van der Waals surface area contributed by atoms with E-state index in [1.54, 1.807) is 18.0 Å². The van der Waals surface area contributed by atoms with Crippen molar-refractivity contribution < 1.29 is 9.47 Å². The molecule has 31 heavy (non-hydrogen) atoms. The predicted octanol–water partition coefficient (Wildman–Crippen LogP) is 3.42. The average Bonchev–Trinajstić information content (AvgIpc) is 2.80. The van der Waals surface area contributed by atoms with Crippen molar-refractivity contribution in [1.82, 2.24) is 14.9 Å². The Morgan fingerprint density at radius 1 is 1.19 bits per heavy atom. The van der Waals surface area contributed by atoms with Crippen LogP contribution in [0.4, 0.5) is 11.4 Å². The minimum Gasteiger partial charge on any atom is -0.497 e. The van der Waals surface area contributed by atoms with Crippen molar-refractivity contribution in [2.75, 3.05) is 45.4 Å². The van der Waals surface area contributed by atoms with Crippen LogP contribution in [0.5, 0.6) is 5.75 Å². The SMILES string of the molecule is CNCCN(c1cc(C)cc(OC)c1)c1ccc2ncn(C3CCOCC3)c(=O)c2c1. The van der Waals surface area contributed by atoms with E-state index in [-0.39, 0.29) is 11.6 Å². The van der Waals surface area contributed by atoms with E-state index in [0.717, 1.165) is 48.6 Å². The van der Waals surface area contributed by atoms with Crippen molar-refractivity contribution in [2.24, 2.45) is 0 Å². The lowest BCUT2D eigenvalue weighted by molar-refractivity contribution is 0.0685. The van der Waals surface area contributed by atoms with Crippen molar-refractivity contribution in [3.05, 3.63) is 58.6 Å². The number of anilines is 2. The summed E-state index contributed by atoms with van der Waals surface area (Å²) in [5.41, 5.74) is 3.83. The monoisotopic (exact) mass is 422 g/mol. The zero-order valence-corrected chi connectivity index (χ0v) is 18.4. The van der Waals surface area contributed by atoms with Gasteiger partial charge in [-0.2, -0.15) is 0 Å². The molecule has 1 fully saturated rings. The van der Waals surface area contributed by atoms with E-state index in [1.807, 2.05) is 37.4 Å². The predicted molar refractivity (Wildman–Crippen MR) is 124 cm³/mol. The van der Waals surface area contributed by atoms with Gasteiger partial charge >= 0.3 is 0 Å². The maximum atomic E-state index is 13.3. The van der Waals surface area contributed by atoms with Gasteiger partial charge in [-0.25, -0.2) is 4.98 Å². The Balaban J connectivity index is 1.78. The van der Waals surface area contributed by atoms with Gasteiger partial charge in [0.25, 0.3) is 5.56 Å². The molecule has 0 amide bonds. The average molecular weight is 423 g/mol. The summed E-state index contributed by atoms with van der Waals surface area (Å²) in [6.45, 7) is 4.97. The third-order valence-electron chi connectivity index (χ3n) is 5.83. The van der Waals surface area contributed by atoms with Crippen LogP contribution in [0.3, 0.4) is 0 Å². The fourth-order valence-electron chi connectivity index (χ4n) is 4.15. The van der Waals surface area contributed by atoms with Gasteiger partial charge in [0.1, 0.15) is 5.75 Å². The quantitative estimate of drug-likeness (QED) is 0.629. The van der Waals surface area contributed by atoms with Gasteiger partial charge in [-0.05, 0) is 62.7 Å². The van der Waals surface area contributed by atoms with Crippen LogP contribution in [-0.4, -0.2) is 50.0 Å². The largest absolute Gasteiger partial charge is 0.497 e. The molecule has 0 bridgehead atoms. The molecule has 2 aromatic carbocycles. The normalized spacial score (nSPS) is 14.7. The molecule has 1 saturated heterocycles. The van der Waals surface area contributed by atoms with E-state index in [4.69, 9.17) is 9.47 Å². The number of benzene rings is 2. The molecule has 4 rings (SSSR count). The smallest absolute Gasteiger partial charge is 0.261 e. The van der Waals surface area contributed by atoms with Crippen molar-refractivity contribution in [3.63, 3.8) is 0 Å². The number of methoxy groups -OCH3 is 1. The van der Waals surface area contributed by atoms with Crippen LogP contribution in [0.15, 0.2) is 47.5 Å². The highest BCUT2D eigenvalue weighted by atomic mass is 16.5. The molecule has 0 aliphatic carbocycles. The molecule has 0 unspecified atom stereocenters. The molecule has 7 nitrogen and oxygen atoms in total. The highest BCUT2D eigenvalue weighted by molar-refractivity contribution is 5.83. The van der Waals surface area contributed by atoms with Crippen molar-refractivity contribution in [2.45, 2.75) is 25.8 Å². The first-order valence-corrected chi connectivity index (χ1v) is 10.8. The van der Waals surface area contributed by atoms with Crippen LogP contribution >= 0.6 is 0 Å². The van der Waals surface area contributed by atoms with Crippen LogP contribution in [0.1, 0.15) is 24.4 Å². The van der Waals surface area contributed by atoms with E-state index in [9.17, 15) is 4.79 Å². The number of rotatable bonds is 7. The molecule has 0 spiro atoms. The maximum Gasteiger partial charge on any atom is 0.261 e. The number of nitrogens with one attached hydrogen (secondary N) is 1. The molecule has 3 aromatic rings. The Kier molecular flexibility index (Phi) is 6.53. The number of aromatic nitrogens is 2. The molecule has 7 heteroatoms. The van der Waals surface area contributed by atoms with Crippen molar-refractivity contribution in [3.8, 4) is 5.75 Å². The minimum absolute atomic E-state index is 0.00846. The highest BCUT2D eigenvalue weighted by Crippen LogP contribution is 2.31. The lowest BCUT2D eigenvalue weighted by Crippen LogP contribution is -2.30. The number of hydrogen-bond acceptors (Lipinski definition) is 6. The minimum atomic E-state index is 0.00846. The summed E-state index contributed by atoms with van der Waals surface area (Å²) >= 11 is 0. The summed E-state index contributed by atoms with van der Waals surface area (Å²) in [6, 6.07) is 12.2. The lowest BCUT2D eigenvalue weighted by Gasteiger charge is -2.27. The molecule has 1 aliphatic rings. The standard InChI is InChI=1S/C24H30N4O3/c1-17-12-20(14-21(13-17)30-3)27(9-8-25-2)19-4-5-23-22(15-19)24(29)28(16-26-23)18-6-10-31-11-7-18/h4-5,12-16,18,25H,6-11H2,1-3H3. The number of likely N-dealkylation sites (N-methyl/N-ethyl adjacent to an activating group) is 1. The van der Waals surface area contributed by atoms with Gasteiger partial charge in [0.05, 0.1) is 24.3 Å². The van der Waals surface area contributed by atoms with E-state index in [2.05, 4.69) is 28.2 Å². The van der Waals surface area contributed by atoms with Gasteiger partial charge in [-0.1, -0.05) is 0 Å². The van der Waals surface area contributed by atoms with Crippen LogP contribution in [0.2, 0.25) is 0 Å². The van der Waals surface area contributed by atoms with Crippen molar-refractivity contribution >= 4 is 22.3 Å². The van der Waals surface area contributed by atoms with Gasteiger partial charge in [0, 0.05) is 49.8 Å². The third-order valence-corrected chi connectivity index (χ3v) is 5.83. The second-order valence-corrected chi connectivity index (χ2v) is 7.97. The van der Waals surface area contributed by atoms with Crippen LogP contribution in [-0.2, 0) is 4.74 Å². The molecule has 0 radical (unpaired) electrons. The summed E-state index contributed by atoms with van der Waals surface area (Å²) in [5, 5.41) is 3.86. The van der Waals surface area contributed by atoms with Crippen LogP contribution < -0.4 is 20.5 Å². The number of fused-ring (bicyclic) bond motifs is 1. The zero-order valence-electron chi connectivity index (χ0n) is 18.4. The van der Waals surface area contributed by atoms with Gasteiger partial charge in [-0.3, -0.25) is 9.36 Å². The Labute approximate surface area is 182 Å². The molecule has 1 aliphatic heterocycles. The molecule has 0 saturated carbocycles. The lowest BCUT2D eigenvalue weighted by atomic mass is 10.1. The van der Waals surface area contributed by atoms with E-state index in [0.29, 0.717) is 24.1 Å². The second-order valence-electron chi connectivity index (χ2n) is 7.97. The molecular weight excluding hydrogens is 392 g/mol. The highest BCUT2D eigenvalue weighted by Gasteiger charge is 2.19. The number of nitrogens with zero attached hydrogens (tertiary/aromatic N) is 3. The molecule has 1 aromatic heterocycles. The number of aryl methyl sites for hydroxylation is 1. The first kappa shape index (κ1) is 21.3. The molecule has 1 N–H and O–H groups in total. The summed E-state index contributed by atoms with van der Waals surface area (Å²) in [6.07, 6.45) is 3.36. The van der Waals surface area contributed by atoms with E-state index in [1.165, 1.54) is 0 Å². The molecule has 0 atom stereocenters. The Morgan fingerprint density at radius 2 is 2.00 bits per heavy atom. The topological polar surface area (TPSA) is 68.6 Å². The zero-order chi connectivity index (χ0) is 21.8. The first-order valence-electron chi connectivity index (χ1n) is 10.8. The van der Waals surface area contributed by atoms with E-state index >= 15 is 0 Å². The maximum absolute atomic E-state index is 13.3. The summed E-state index contributed by atoms with van der Waals surface area (Å²) in [5.74, 6) is 0.814. The Hall–Kier alpha value is -2.90. The third kappa shape index (κ3) is 4.57. The van der Waals surface area contributed by atoms with Gasteiger partial charge in [-0.15, -0.1) is 0 Å². The number of ether oxygens (including phenoxy) is 2. The number of hydrogen-bond donors (Lipinski definition) is 1. The second kappa shape index (κ2) is 9.49. The van der Waals surface area contributed by atoms with Gasteiger partial charge < -0.3 is 19.7 Å². The first-order chi connectivity index (χ1) is 15.1. The molecular formula is C24H30N4O3. The fraction of sp³-hybridized carbons (Fsp3) is 0.417. The van der Waals surface area contributed by atoms with Gasteiger partial charge in [0.15, 0.2) is 0 Å². The fourth-order valence-corrected chi connectivity index (χ4v) is 4.15. The molecule has 164 valence electrons. The Morgan fingerprint density at radius 3 is 2.74 bits per heavy atom. The van der Waals surface area contributed by atoms with Crippen LogP contribution in [0, 0.1) is 6.92 Å². The van der Waals surface area contributed by atoms with Crippen molar-refractivity contribution in [1.29, 1.82) is 0 Å². The van der Waals surface area contributed by atoms with E-state index < -0.39 is 0 Å². The summed E-state index contributed by atoms with van der Waals surface area (Å²) in [4.78, 5) is 20.1. The Bertz CT molecular complexity index is 1110. The van der Waals surface area contributed by atoms with Crippen LogP contribution in [0.25, 0.3) is 10.9 Å².